The number of rotatable bonds is 4. The maximum absolute atomic E-state index is 2.34. The van der Waals surface area contributed by atoms with Gasteiger partial charge in [-0.05, 0) is 45.2 Å². The van der Waals surface area contributed by atoms with Crippen LogP contribution in [0, 0.1) is 13.8 Å². The van der Waals surface area contributed by atoms with Crippen molar-refractivity contribution in [1.82, 2.24) is 0 Å². The predicted molar refractivity (Wildman–Crippen MR) is 163 cm³/mol. The molecule has 0 aliphatic carbocycles. The van der Waals surface area contributed by atoms with Gasteiger partial charge < -0.3 is 24.8 Å². The summed E-state index contributed by atoms with van der Waals surface area (Å²) >= 11 is 3.74. The van der Waals surface area contributed by atoms with E-state index in [-0.39, 0.29) is 51.0 Å². The van der Waals surface area contributed by atoms with Crippen LogP contribution in [0.3, 0.4) is 0 Å². The SMILES string of the molecule is Cc1ccc(-c2cc3c(C(C)C)cccc3[cH-]2)s1.Cc1ccc(-c2cc3c(C(C)C)cccc3[cH-]2)s1.[Cl-].[Cl-].[Zr+4]. The van der Waals surface area contributed by atoms with Crippen LogP contribution in [-0.2, 0) is 26.2 Å². The van der Waals surface area contributed by atoms with Crippen LogP contribution in [0.1, 0.15) is 60.4 Å². The third-order valence-corrected chi connectivity index (χ3v) is 8.96. The topological polar surface area (TPSA) is 0 Å². The molecule has 39 heavy (non-hydrogen) atoms. The van der Waals surface area contributed by atoms with Crippen molar-refractivity contribution in [3.05, 3.63) is 106 Å². The van der Waals surface area contributed by atoms with Gasteiger partial charge in [0.1, 0.15) is 0 Å². The Labute approximate surface area is 273 Å². The Morgan fingerprint density at radius 3 is 1.26 bits per heavy atom. The zero-order valence-electron chi connectivity index (χ0n) is 23.3. The molecule has 200 valence electrons. The summed E-state index contributed by atoms with van der Waals surface area (Å²) in [4.78, 5) is 5.50. The minimum absolute atomic E-state index is 0. The quantitative estimate of drug-likeness (QED) is 0.220. The fourth-order valence-corrected chi connectivity index (χ4v) is 6.70. The molecule has 0 amide bonds. The first-order chi connectivity index (χ1) is 17.3. The maximum Gasteiger partial charge on any atom is 4.00 e. The number of halogens is 2. The third-order valence-electron chi connectivity index (χ3n) is 6.86. The molecule has 5 heteroatoms. The van der Waals surface area contributed by atoms with Crippen LogP contribution in [0.15, 0.2) is 84.9 Å². The molecule has 0 saturated carbocycles. The molecule has 2 aromatic heterocycles. The van der Waals surface area contributed by atoms with Crippen LogP contribution in [-0.4, -0.2) is 0 Å². The molecule has 0 N–H and O–H groups in total. The first-order valence-corrected chi connectivity index (χ1v) is 14.5. The zero-order valence-corrected chi connectivity index (χ0v) is 28.9. The van der Waals surface area contributed by atoms with E-state index in [1.165, 1.54) is 63.3 Å². The van der Waals surface area contributed by atoms with Gasteiger partial charge in [-0.15, -0.1) is 69.1 Å². The molecular formula is C34H34Cl2S2Zr. The van der Waals surface area contributed by atoms with Crippen LogP contribution in [0.2, 0.25) is 0 Å². The molecule has 0 atom stereocenters. The van der Waals surface area contributed by atoms with Gasteiger partial charge in [0, 0.05) is 0 Å². The van der Waals surface area contributed by atoms with Gasteiger partial charge in [0.15, 0.2) is 0 Å². The Morgan fingerprint density at radius 1 is 0.564 bits per heavy atom. The Morgan fingerprint density at radius 2 is 0.949 bits per heavy atom. The van der Waals surface area contributed by atoms with Gasteiger partial charge in [-0.2, -0.15) is 22.7 Å². The standard InChI is InChI=1S/2C17H17S.2ClH.Zr/c2*1-11(2)15-6-4-5-13-9-14(10-16(13)15)17-8-7-12(3)18-17;;;/h2*4-11H,1-3H3;2*1H;/q2*-1;;;+4/p-2. The van der Waals surface area contributed by atoms with Crippen LogP contribution in [0.5, 0.6) is 0 Å². The average molecular weight is 669 g/mol. The molecule has 2 heterocycles. The second kappa shape index (κ2) is 14.4. The number of aryl methyl sites for hydroxylation is 2. The van der Waals surface area contributed by atoms with Gasteiger partial charge in [0.2, 0.25) is 0 Å². The van der Waals surface area contributed by atoms with Crippen molar-refractivity contribution in [2.24, 2.45) is 0 Å². The van der Waals surface area contributed by atoms with Crippen molar-refractivity contribution in [3.8, 4) is 20.9 Å². The minimum Gasteiger partial charge on any atom is -1.00 e. The number of hydrogen-bond donors (Lipinski definition) is 0. The van der Waals surface area contributed by atoms with Crippen LogP contribution < -0.4 is 24.8 Å². The maximum atomic E-state index is 2.34. The molecule has 0 fully saturated rings. The van der Waals surface area contributed by atoms with E-state index in [1.54, 1.807) is 0 Å². The largest absolute Gasteiger partial charge is 4.00 e. The van der Waals surface area contributed by atoms with E-state index in [2.05, 4.69) is 126 Å². The van der Waals surface area contributed by atoms with E-state index >= 15 is 0 Å². The van der Waals surface area contributed by atoms with Crippen LogP contribution >= 0.6 is 22.7 Å². The molecule has 0 unspecified atom stereocenters. The van der Waals surface area contributed by atoms with Crippen LogP contribution in [0.25, 0.3) is 42.4 Å². The normalized spacial score (nSPS) is 10.7. The summed E-state index contributed by atoms with van der Waals surface area (Å²) < 4.78 is 0. The Hall–Kier alpha value is -1.48. The van der Waals surface area contributed by atoms with Crippen molar-refractivity contribution >= 4 is 44.2 Å². The van der Waals surface area contributed by atoms with E-state index in [1.807, 2.05) is 22.7 Å². The van der Waals surface area contributed by atoms with Gasteiger partial charge in [-0.3, -0.25) is 0 Å². The van der Waals surface area contributed by atoms with Crippen molar-refractivity contribution in [2.45, 2.75) is 53.4 Å². The fourth-order valence-electron chi connectivity index (χ4n) is 4.99. The number of hydrogen-bond acceptors (Lipinski definition) is 2. The van der Waals surface area contributed by atoms with Crippen molar-refractivity contribution in [3.63, 3.8) is 0 Å². The molecule has 6 aromatic rings. The Kier molecular flexibility index (Phi) is 12.5. The van der Waals surface area contributed by atoms with E-state index in [0.717, 1.165) is 0 Å². The van der Waals surface area contributed by atoms with Gasteiger partial charge in [0.25, 0.3) is 0 Å². The Balaban J connectivity index is 0.000000254. The van der Waals surface area contributed by atoms with E-state index in [9.17, 15) is 0 Å². The third kappa shape index (κ3) is 7.43. The number of benzene rings is 2. The monoisotopic (exact) mass is 666 g/mol. The van der Waals surface area contributed by atoms with E-state index in [4.69, 9.17) is 0 Å². The second-order valence-electron chi connectivity index (χ2n) is 10.3. The first-order valence-electron chi connectivity index (χ1n) is 12.8. The molecule has 0 spiro atoms. The molecule has 0 nitrogen and oxygen atoms in total. The van der Waals surface area contributed by atoms with Crippen LogP contribution in [0.4, 0.5) is 0 Å². The molecule has 4 aromatic carbocycles. The summed E-state index contributed by atoms with van der Waals surface area (Å²) in [5, 5.41) is 5.55. The van der Waals surface area contributed by atoms with Crippen molar-refractivity contribution < 1.29 is 51.0 Å². The molecule has 0 radical (unpaired) electrons. The summed E-state index contributed by atoms with van der Waals surface area (Å²) in [7, 11) is 0. The minimum atomic E-state index is 0. The molecule has 0 saturated heterocycles. The van der Waals surface area contributed by atoms with Gasteiger partial charge in [-0.25, -0.2) is 0 Å². The van der Waals surface area contributed by atoms with E-state index in [0.29, 0.717) is 11.8 Å². The van der Waals surface area contributed by atoms with Gasteiger partial charge in [0.05, 0.1) is 0 Å². The Bertz CT molecular complexity index is 1510. The average Bonchev–Trinajstić information content (AvgIpc) is 3.63. The first kappa shape index (κ1) is 33.7. The van der Waals surface area contributed by atoms with Crippen molar-refractivity contribution in [2.75, 3.05) is 0 Å². The number of thiophene rings is 2. The summed E-state index contributed by atoms with van der Waals surface area (Å²) in [6, 6.07) is 31.4. The summed E-state index contributed by atoms with van der Waals surface area (Å²) in [5.74, 6) is 1.16. The van der Waals surface area contributed by atoms with Gasteiger partial charge >= 0.3 is 26.2 Å². The van der Waals surface area contributed by atoms with E-state index < -0.39 is 0 Å². The van der Waals surface area contributed by atoms with Crippen molar-refractivity contribution in [1.29, 1.82) is 0 Å². The summed E-state index contributed by atoms with van der Waals surface area (Å²) in [6.45, 7) is 13.4. The molecule has 0 aliphatic heterocycles. The number of fused-ring (bicyclic) bond motifs is 2. The molecule has 6 rings (SSSR count). The summed E-state index contributed by atoms with van der Waals surface area (Å²) in [5.41, 5.74) is 5.62. The molecule has 0 bridgehead atoms. The smallest absolute Gasteiger partial charge is 1.00 e. The molecule has 0 aliphatic rings. The zero-order chi connectivity index (χ0) is 25.4. The second-order valence-corrected chi connectivity index (χ2v) is 12.9. The fraction of sp³-hybridized carbons (Fsp3) is 0.235. The molecular weight excluding hydrogens is 635 g/mol. The van der Waals surface area contributed by atoms with Gasteiger partial charge in [-0.1, -0.05) is 87.4 Å². The summed E-state index contributed by atoms with van der Waals surface area (Å²) in [6.07, 6.45) is 0. The predicted octanol–water partition coefficient (Wildman–Crippen LogP) is 5.44.